The number of aliphatic hydroxyl groups is 1. The number of amides is 1. The highest BCUT2D eigenvalue weighted by Crippen LogP contribution is 1.94. The van der Waals surface area contributed by atoms with Crippen molar-refractivity contribution in [1.82, 2.24) is 20.5 Å². The van der Waals surface area contributed by atoms with Crippen LogP contribution in [0.5, 0.6) is 0 Å². The Bertz CT molecular complexity index is 375. The number of aromatic amines is 1. The molecule has 1 aromatic rings. The number of nitrogens with zero attached hydrogens (tertiary/aromatic N) is 2. The molecule has 0 fully saturated rings. The number of nitrogens with two attached hydrogens (primary N) is 1. The second-order valence-corrected chi connectivity index (χ2v) is 2.59. The van der Waals surface area contributed by atoms with Gasteiger partial charge in [0.05, 0.1) is 6.61 Å². The molecule has 0 saturated heterocycles. The molecule has 1 rings (SSSR count). The number of hydrogen-bond donors (Lipinski definition) is 5. The number of aliphatic carboxylic acids is 1. The maximum atomic E-state index is 11.3. The molecule has 0 spiro atoms. The molecule has 1 atom stereocenters. The summed E-state index contributed by atoms with van der Waals surface area (Å²) < 4.78 is 0. The van der Waals surface area contributed by atoms with E-state index in [2.05, 4.69) is 15.2 Å². The van der Waals surface area contributed by atoms with Crippen molar-refractivity contribution in [3.05, 3.63) is 5.82 Å². The monoisotopic (exact) mass is 215 g/mol. The highest BCUT2D eigenvalue weighted by molar-refractivity contribution is 5.93. The number of nitrogen functional groups attached to an aromatic ring is 1. The molecule has 82 valence electrons. The summed E-state index contributed by atoms with van der Waals surface area (Å²) in [5, 5.41) is 24.8. The first kappa shape index (κ1) is 10.9. The van der Waals surface area contributed by atoms with E-state index >= 15 is 0 Å². The zero-order valence-corrected chi connectivity index (χ0v) is 7.47. The van der Waals surface area contributed by atoms with E-state index in [-0.39, 0.29) is 11.8 Å². The Morgan fingerprint density at radius 2 is 2.27 bits per heavy atom. The Hall–Kier alpha value is -2.16. The Kier molecular flexibility index (Phi) is 3.18. The molecular weight excluding hydrogens is 206 g/mol. The lowest BCUT2D eigenvalue weighted by molar-refractivity contribution is -0.140. The van der Waals surface area contributed by atoms with Crippen LogP contribution >= 0.6 is 0 Å². The first-order chi connectivity index (χ1) is 7.04. The number of carbonyl (C=O) groups is 2. The molecule has 1 unspecified atom stereocenters. The Balaban J connectivity index is 2.66. The number of hydrogen-bond acceptors (Lipinski definition) is 6. The van der Waals surface area contributed by atoms with Crippen molar-refractivity contribution in [3.8, 4) is 0 Å². The Morgan fingerprint density at radius 1 is 1.60 bits per heavy atom. The van der Waals surface area contributed by atoms with Crippen LogP contribution in [-0.4, -0.2) is 49.9 Å². The molecule has 0 saturated carbocycles. The maximum Gasteiger partial charge on any atom is 0.328 e. The summed E-state index contributed by atoms with van der Waals surface area (Å²) >= 11 is 0. The van der Waals surface area contributed by atoms with Gasteiger partial charge < -0.3 is 21.3 Å². The summed E-state index contributed by atoms with van der Waals surface area (Å²) in [5.41, 5.74) is 5.14. The van der Waals surface area contributed by atoms with Gasteiger partial charge in [0.15, 0.2) is 6.04 Å². The summed E-state index contributed by atoms with van der Waals surface area (Å²) in [6, 6.07) is -1.39. The summed E-state index contributed by atoms with van der Waals surface area (Å²) in [6.07, 6.45) is 0. The lowest BCUT2D eigenvalue weighted by Gasteiger charge is -2.09. The maximum absolute atomic E-state index is 11.3. The number of aliphatic hydroxyl groups excluding tert-OH is 1. The van der Waals surface area contributed by atoms with Crippen LogP contribution in [0, 0.1) is 0 Å². The van der Waals surface area contributed by atoms with Crippen LogP contribution in [0.15, 0.2) is 0 Å². The third-order valence-corrected chi connectivity index (χ3v) is 1.50. The smallest absolute Gasteiger partial charge is 0.328 e. The molecule has 1 amide bonds. The molecular formula is C6H9N5O4. The zero-order chi connectivity index (χ0) is 11.4. The molecule has 15 heavy (non-hydrogen) atoms. The van der Waals surface area contributed by atoms with Gasteiger partial charge in [0.1, 0.15) is 0 Å². The highest BCUT2D eigenvalue weighted by atomic mass is 16.4. The lowest BCUT2D eigenvalue weighted by Crippen LogP contribution is -2.43. The molecule has 0 aliphatic carbocycles. The van der Waals surface area contributed by atoms with Gasteiger partial charge in [-0.05, 0) is 0 Å². The SMILES string of the molecule is Nc1n[nH]c(C(=O)NC(CO)C(=O)O)n1. The fourth-order valence-electron chi connectivity index (χ4n) is 0.788. The van der Waals surface area contributed by atoms with E-state index in [4.69, 9.17) is 15.9 Å². The zero-order valence-electron chi connectivity index (χ0n) is 7.47. The number of carbonyl (C=O) groups excluding carboxylic acids is 1. The second kappa shape index (κ2) is 4.37. The molecule has 1 aromatic heterocycles. The van der Waals surface area contributed by atoms with E-state index in [9.17, 15) is 9.59 Å². The molecule has 0 aliphatic heterocycles. The van der Waals surface area contributed by atoms with Crippen molar-refractivity contribution in [1.29, 1.82) is 0 Å². The van der Waals surface area contributed by atoms with Crippen LogP contribution in [0.1, 0.15) is 10.6 Å². The van der Waals surface area contributed by atoms with E-state index in [1.807, 2.05) is 5.32 Å². The topological polar surface area (TPSA) is 154 Å². The van der Waals surface area contributed by atoms with Gasteiger partial charge in [0, 0.05) is 0 Å². The number of nitrogens with one attached hydrogen (secondary N) is 2. The average molecular weight is 215 g/mol. The predicted molar refractivity (Wildman–Crippen MR) is 46.8 cm³/mol. The van der Waals surface area contributed by atoms with Crippen molar-refractivity contribution >= 4 is 17.8 Å². The Morgan fingerprint density at radius 3 is 2.67 bits per heavy atom. The van der Waals surface area contributed by atoms with Gasteiger partial charge in [-0.3, -0.25) is 9.89 Å². The van der Waals surface area contributed by atoms with Gasteiger partial charge in [0.25, 0.3) is 5.91 Å². The van der Waals surface area contributed by atoms with E-state index in [1.165, 1.54) is 0 Å². The van der Waals surface area contributed by atoms with Crippen molar-refractivity contribution in [2.45, 2.75) is 6.04 Å². The van der Waals surface area contributed by atoms with Gasteiger partial charge in [0.2, 0.25) is 11.8 Å². The van der Waals surface area contributed by atoms with Gasteiger partial charge in [-0.15, -0.1) is 5.10 Å². The molecule has 9 heteroatoms. The fraction of sp³-hybridized carbons (Fsp3) is 0.333. The first-order valence-electron chi connectivity index (χ1n) is 3.87. The summed E-state index contributed by atoms with van der Waals surface area (Å²) in [4.78, 5) is 25.2. The minimum absolute atomic E-state index is 0.129. The summed E-state index contributed by atoms with van der Waals surface area (Å²) in [5.74, 6) is -2.50. The van der Waals surface area contributed by atoms with E-state index in [0.29, 0.717) is 0 Å². The van der Waals surface area contributed by atoms with Crippen molar-refractivity contribution in [2.75, 3.05) is 12.3 Å². The van der Waals surface area contributed by atoms with Crippen LogP contribution in [-0.2, 0) is 4.79 Å². The molecule has 0 bridgehead atoms. The minimum atomic E-state index is -1.39. The number of carboxylic acid groups (broad SMARTS) is 1. The fourth-order valence-corrected chi connectivity index (χ4v) is 0.788. The predicted octanol–water partition coefficient (Wildman–Crippen LogP) is -2.44. The summed E-state index contributed by atoms with van der Waals surface area (Å²) in [7, 11) is 0. The minimum Gasteiger partial charge on any atom is -0.480 e. The quantitative estimate of drug-likeness (QED) is 0.373. The lowest BCUT2D eigenvalue weighted by atomic mass is 10.3. The summed E-state index contributed by atoms with van der Waals surface area (Å²) in [6.45, 7) is -0.718. The van der Waals surface area contributed by atoms with Crippen LogP contribution in [0.25, 0.3) is 0 Å². The van der Waals surface area contributed by atoms with Crippen LogP contribution < -0.4 is 11.1 Å². The van der Waals surface area contributed by atoms with Crippen molar-refractivity contribution in [3.63, 3.8) is 0 Å². The van der Waals surface area contributed by atoms with Crippen molar-refractivity contribution in [2.24, 2.45) is 0 Å². The normalized spacial score (nSPS) is 12.1. The third-order valence-electron chi connectivity index (χ3n) is 1.50. The standard InChI is InChI=1S/C6H9N5O4/c7-6-9-3(10-11-6)4(13)8-2(1-12)5(14)15/h2,12H,1H2,(H,8,13)(H,14,15)(H3,7,9,10,11). The van der Waals surface area contributed by atoms with Gasteiger partial charge in [-0.25, -0.2) is 4.79 Å². The Labute approximate surface area is 83.3 Å². The van der Waals surface area contributed by atoms with Crippen molar-refractivity contribution < 1.29 is 19.8 Å². The number of H-pyrrole nitrogens is 1. The molecule has 0 radical (unpaired) electrons. The largest absolute Gasteiger partial charge is 0.480 e. The van der Waals surface area contributed by atoms with Gasteiger partial charge >= 0.3 is 5.97 Å². The number of anilines is 1. The molecule has 1 heterocycles. The number of rotatable bonds is 4. The number of carboxylic acids is 1. The first-order valence-corrected chi connectivity index (χ1v) is 3.87. The van der Waals surface area contributed by atoms with E-state index < -0.39 is 24.5 Å². The number of aromatic nitrogens is 3. The second-order valence-electron chi connectivity index (χ2n) is 2.59. The van der Waals surface area contributed by atoms with E-state index in [0.717, 1.165) is 0 Å². The molecule has 6 N–H and O–H groups in total. The average Bonchev–Trinajstić information content (AvgIpc) is 2.60. The van der Waals surface area contributed by atoms with Gasteiger partial charge in [-0.2, -0.15) is 4.98 Å². The molecule has 0 aliphatic rings. The van der Waals surface area contributed by atoms with Crippen LogP contribution in [0.4, 0.5) is 5.95 Å². The highest BCUT2D eigenvalue weighted by Gasteiger charge is 2.21. The molecule has 0 aromatic carbocycles. The molecule has 9 nitrogen and oxygen atoms in total. The van der Waals surface area contributed by atoms with E-state index in [1.54, 1.807) is 0 Å². The van der Waals surface area contributed by atoms with Crippen LogP contribution in [0.2, 0.25) is 0 Å². The van der Waals surface area contributed by atoms with Crippen LogP contribution in [0.3, 0.4) is 0 Å². The van der Waals surface area contributed by atoms with Gasteiger partial charge in [-0.1, -0.05) is 0 Å². The third kappa shape index (κ3) is 2.64.